The molecule has 2 aromatic carbocycles. The molecule has 5 rings (SSSR count). The maximum Gasteiger partial charge on any atom is 0.322 e. The lowest BCUT2D eigenvalue weighted by Crippen LogP contribution is -2.29. The van der Waals surface area contributed by atoms with Crippen LogP contribution in [0.25, 0.3) is 22.6 Å². The lowest BCUT2D eigenvalue weighted by atomic mass is 10.0. The zero-order valence-corrected chi connectivity index (χ0v) is 21.2. The second-order valence-electron chi connectivity index (χ2n) is 7.77. The molecule has 0 aliphatic carbocycles. The number of hydrogen-bond donors (Lipinski definition) is 1. The maximum atomic E-state index is 6.11. The second kappa shape index (κ2) is 9.97. The number of nitrogens with one attached hydrogen (secondary N) is 1. The number of rotatable bonds is 5. The van der Waals surface area contributed by atoms with Crippen molar-refractivity contribution in [2.75, 3.05) is 13.1 Å². The summed E-state index contributed by atoms with van der Waals surface area (Å²) in [6.45, 7) is 1.96. The van der Waals surface area contributed by atoms with Gasteiger partial charge in [-0.25, -0.2) is 9.97 Å². The highest BCUT2D eigenvalue weighted by atomic mass is 127. The van der Waals surface area contributed by atoms with Crippen LogP contribution in [0, 0.1) is 3.57 Å². The summed E-state index contributed by atoms with van der Waals surface area (Å²) in [5.41, 5.74) is 3.64. The van der Waals surface area contributed by atoms with E-state index in [1.165, 1.54) is 3.57 Å². The molecule has 9 heteroatoms. The van der Waals surface area contributed by atoms with Crippen LogP contribution in [0.2, 0.25) is 10.0 Å². The van der Waals surface area contributed by atoms with Crippen molar-refractivity contribution in [1.82, 2.24) is 24.8 Å². The predicted molar refractivity (Wildman–Crippen MR) is 139 cm³/mol. The minimum Gasteiger partial charge on any atom is -0.424 e. The summed E-state index contributed by atoms with van der Waals surface area (Å²) in [5.74, 6) is 0.481. The Balaban J connectivity index is 1.57. The zero-order valence-electron chi connectivity index (χ0n) is 17.5. The Hall–Kier alpha value is -2.20. The molecule has 33 heavy (non-hydrogen) atoms. The molecule has 1 aliphatic rings. The highest BCUT2D eigenvalue weighted by Gasteiger charge is 2.23. The molecule has 0 unspecified atom stereocenters. The number of ether oxygens (including phenoxy) is 1. The Kier molecular flexibility index (Phi) is 6.82. The summed E-state index contributed by atoms with van der Waals surface area (Å²) in [6, 6.07) is 15.8. The monoisotopic (exact) mass is 591 g/mol. The quantitative estimate of drug-likeness (QED) is 0.264. The number of hydrogen-bond acceptors (Lipinski definition) is 5. The van der Waals surface area contributed by atoms with Gasteiger partial charge >= 0.3 is 6.01 Å². The molecule has 1 saturated heterocycles. The molecular formula is C24H20Cl2IN5O. The van der Waals surface area contributed by atoms with Crippen molar-refractivity contribution >= 4 is 45.8 Å². The average molecular weight is 592 g/mol. The van der Waals surface area contributed by atoms with Crippen molar-refractivity contribution in [1.29, 1.82) is 0 Å². The summed E-state index contributed by atoms with van der Waals surface area (Å²) in [7, 11) is 0. The lowest BCUT2D eigenvalue weighted by molar-refractivity contribution is 0.370. The topological polar surface area (TPSA) is 64.9 Å². The molecule has 6 nitrogen and oxygen atoms in total. The molecule has 2 aromatic heterocycles. The molecular weight excluding hydrogens is 572 g/mol. The van der Waals surface area contributed by atoms with Gasteiger partial charge in [0.2, 0.25) is 0 Å². The molecule has 0 saturated carbocycles. The van der Waals surface area contributed by atoms with E-state index in [0.29, 0.717) is 21.8 Å². The molecule has 0 atom stereocenters. The zero-order chi connectivity index (χ0) is 22.8. The van der Waals surface area contributed by atoms with E-state index in [-0.39, 0.29) is 6.01 Å². The smallest absolute Gasteiger partial charge is 0.322 e. The highest BCUT2D eigenvalue weighted by Crippen LogP contribution is 2.35. The molecule has 1 aliphatic heterocycles. The van der Waals surface area contributed by atoms with Crippen LogP contribution in [0.3, 0.4) is 0 Å². The van der Waals surface area contributed by atoms with E-state index in [1.807, 2.05) is 12.4 Å². The lowest BCUT2D eigenvalue weighted by Gasteiger charge is -2.25. The predicted octanol–water partition coefficient (Wildman–Crippen LogP) is 6.64. The van der Waals surface area contributed by atoms with E-state index in [2.05, 4.69) is 61.7 Å². The van der Waals surface area contributed by atoms with Gasteiger partial charge in [0, 0.05) is 31.4 Å². The first-order valence-electron chi connectivity index (χ1n) is 10.6. The molecule has 0 spiro atoms. The molecule has 1 N–H and O–H groups in total. The van der Waals surface area contributed by atoms with Crippen molar-refractivity contribution in [3.05, 3.63) is 74.7 Å². The average Bonchev–Trinajstić information content (AvgIpc) is 3.25. The van der Waals surface area contributed by atoms with Crippen LogP contribution in [0.15, 0.2) is 61.1 Å². The summed E-state index contributed by atoms with van der Waals surface area (Å²) < 4.78 is 9.31. The van der Waals surface area contributed by atoms with Gasteiger partial charge in [0.25, 0.3) is 0 Å². The fourth-order valence-corrected chi connectivity index (χ4v) is 4.88. The molecule has 3 heterocycles. The Morgan fingerprint density at radius 1 is 0.970 bits per heavy atom. The number of nitrogens with zero attached hydrogens (tertiary/aromatic N) is 4. The Morgan fingerprint density at radius 2 is 1.70 bits per heavy atom. The summed E-state index contributed by atoms with van der Waals surface area (Å²) in [6.07, 6.45) is 5.69. The molecule has 0 amide bonds. The van der Waals surface area contributed by atoms with E-state index in [4.69, 9.17) is 37.9 Å². The first kappa shape index (κ1) is 22.6. The number of piperidine rings is 1. The van der Waals surface area contributed by atoms with Crippen LogP contribution in [-0.4, -0.2) is 32.6 Å². The van der Waals surface area contributed by atoms with Gasteiger partial charge < -0.3 is 14.6 Å². The Labute approximate surface area is 215 Å². The van der Waals surface area contributed by atoms with E-state index < -0.39 is 0 Å². The van der Waals surface area contributed by atoms with Crippen molar-refractivity contribution in [2.24, 2.45) is 0 Å². The van der Waals surface area contributed by atoms with Crippen LogP contribution in [0.4, 0.5) is 0 Å². The fourth-order valence-electron chi connectivity index (χ4n) is 4.01. The summed E-state index contributed by atoms with van der Waals surface area (Å²) in [4.78, 5) is 13.8. The standard InChI is InChI=1S/C24H20Cl2IN5O/c25-16-11-17(26)13-20(12-16)33-24-29-10-7-21(31-24)23-22(15-1-3-18(27)4-2-15)30-14-32(23)19-5-8-28-9-6-19/h1-4,7,10-14,19,28H,5-6,8-9H2. The number of imidazole rings is 1. The van der Waals surface area contributed by atoms with Gasteiger partial charge in [-0.3, -0.25) is 0 Å². The normalized spacial score (nSPS) is 14.4. The second-order valence-corrected chi connectivity index (χ2v) is 9.89. The Bertz CT molecular complexity index is 1250. The van der Waals surface area contributed by atoms with Gasteiger partial charge in [0.1, 0.15) is 5.75 Å². The third-order valence-electron chi connectivity index (χ3n) is 5.53. The van der Waals surface area contributed by atoms with E-state index in [1.54, 1.807) is 24.4 Å². The largest absolute Gasteiger partial charge is 0.424 e. The van der Waals surface area contributed by atoms with Crippen molar-refractivity contribution in [3.63, 3.8) is 0 Å². The first-order chi connectivity index (χ1) is 16.1. The third kappa shape index (κ3) is 5.16. The van der Waals surface area contributed by atoms with Crippen LogP contribution in [0.1, 0.15) is 18.9 Å². The van der Waals surface area contributed by atoms with Gasteiger partial charge in [0.05, 0.1) is 23.4 Å². The van der Waals surface area contributed by atoms with Crippen molar-refractivity contribution in [2.45, 2.75) is 18.9 Å². The third-order valence-corrected chi connectivity index (χ3v) is 6.69. The van der Waals surface area contributed by atoms with E-state index >= 15 is 0 Å². The molecule has 168 valence electrons. The molecule has 0 radical (unpaired) electrons. The van der Waals surface area contributed by atoms with Crippen LogP contribution in [-0.2, 0) is 0 Å². The number of benzene rings is 2. The van der Waals surface area contributed by atoms with Crippen LogP contribution in [0.5, 0.6) is 11.8 Å². The fraction of sp³-hybridized carbons (Fsp3) is 0.208. The molecule has 4 aromatic rings. The van der Waals surface area contributed by atoms with Crippen molar-refractivity contribution < 1.29 is 4.74 Å². The van der Waals surface area contributed by atoms with Gasteiger partial charge in [-0.2, -0.15) is 4.98 Å². The van der Waals surface area contributed by atoms with E-state index in [0.717, 1.165) is 48.6 Å². The van der Waals surface area contributed by atoms with Gasteiger partial charge in [-0.05, 0) is 84.9 Å². The molecule has 1 fully saturated rings. The Morgan fingerprint density at radius 3 is 2.42 bits per heavy atom. The minimum atomic E-state index is 0.220. The van der Waals surface area contributed by atoms with Gasteiger partial charge in [0.15, 0.2) is 0 Å². The van der Waals surface area contributed by atoms with Crippen LogP contribution < -0.4 is 10.1 Å². The SMILES string of the molecule is Clc1cc(Cl)cc(Oc2nccc(-c3c(-c4ccc(I)cc4)ncn3C3CCNCC3)n2)c1. The van der Waals surface area contributed by atoms with Crippen molar-refractivity contribution in [3.8, 4) is 34.4 Å². The molecule has 0 bridgehead atoms. The minimum absolute atomic E-state index is 0.220. The van der Waals surface area contributed by atoms with E-state index in [9.17, 15) is 0 Å². The number of halogens is 3. The number of aromatic nitrogens is 4. The van der Waals surface area contributed by atoms with Crippen LogP contribution >= 0.6 is 45.8 Å². The maximum absolute atomic E-state index is 6.11. The summed E-state index contributed by atoms with van der Waals surface area (Å²) >= 11 is 14.5. The first-order valence-corrected chi connectivity index (χ1v) is 12.4. The highest BCUT2D eigenvalue weighted by molar-refractivity contribution is 14.1. The summed E-state index contributed by atoms with van der Waals surface area (Å²) in [5, 5.41) is 4.40. The van der Waals surface area contributed by atoms with Gasteiger partial charge in [-0.1, -0.05) is 35.3 Å². The van der Waals surface area contributed by atoms with Gasteiger partial charge in [-0.15, -0.1) is 0 Å².